The Bertz CT molecular complexity index is 668. The molecule has 0 radical (unpaired) electrons. The lowest BCUT2D eigenvalue weighted by Gasteiger charge is -2.05. The molecular weight excluding hydrogens is 432 g/mol. The van der Waals surface area contributed by atoms with Gasteiger partial charge < -0.3 is 10.2 Å². The molecule has 0 aliphatic rings. The van der Waals surface area contributed by atoms with E-state index >= 15 is 0 Å². The molecule has 2 aromatic heterocycles. The van der Waals surface area contributed by atoms with Gasteiger partial charge in [-0.15, -0.1) is 22.7 Å². The molecule has 0 saturated heterocycles. The van der Waals surface area contributed by atoms with Crippen molar-refractivity contribution in [3.05, 3.63) is 28.5 Å². The molecule has 106 valence electrons. The highest BCUT2D eigenvalue weighted by molar-refractivity contribution is 9.11. The Labute approximate surface area is 139 Å². The Balaban J connectivity index is 2.89. The number of carboxylic acid groups (broad SMARTS) is 2. The summed E-state index contributed by atoms with van der Waals surface area (Å²) in [4.78, 5) is 24.4. The zero-order valence-corrected chi connectivity index (χ0v) is 15.1. The molecular formula is C12H8Br2O4S2. The van der Waals surface area contributed by atoms with E-state index in [4.69, 9.17) is 0 Å². The molecule has 0 atom stereocenters. The molecule has 0 unspecified atom stereocenters. The summed E-state index contributed by atoms with van der Waals surface area (Å²) in [6.45, 7) is 3.57. The van der Waals surface area contributed by atoms with Crippen LogP contribution in [-0.4, -0.2) is 22.2 Å². The number of aryl methyl sites for hydroxylation is 2. The van der Waals surface area contributed by atoms with Gasteiger partial charge in [0.15, 0.2) is 0 Å². The molecule has 0 aliphatic heterocycles. The van der Waals surface area contributed by atoms with Crippen LogP contribution >= 0.6 is 54.5 Å². The third kappa shape index (κ3) is 2.45. The van der Waals surface area contributed by atoms with Crippen molar-refractivity contribution in [2.75, 3.05) is 0 Å². The largest absolute Gasteiger partial charge is 0.478 e. The van der Waals surface area contributed by atoms with Gasteiger partial charge in [0.2, 0.25) is 0 Å². The first-order valence-corrected chi connectivity index (χ1v) is 8.52. The summed E-state index contributed by atoms with van der Waals surface area (Å²) >= 11 is 9.06. The number of hydrogen-bond acceptors (Lipinski definition) is 4. The summed E-state index contributed by atoms with van der Waals surface area (Å²) in [6.07, 6.45) is 0. The maximum Gasteiger partial charge on any atom is 0.338 e. The summed E-state index contributed by atoms with van der Waals surface area (Å²) in [7, 11) is 0. The predicted molar refractivity (Wildman–Crippen MR) is 86.4 cm³/mol. The standard InChI is InChI=1S/C12H8Br2O4S2/c1-3-5(7(11(15)16)9(13)19-3)6-4(2)20-10(14)8(6)12(17)18/h1-2H3,(H,15,16)(H,17,18). The van der Waals surface area contributed by atoms with E-state index < -0.39 is 11.9 Å². The molecule has 0 amide bonds. The first-order chi connectivity index (χ1) is 9.25. The lowest BCUT2D eigenvalue weighted by atomic mass is 9.99. The molecule has 0 aromatic carbocycles. The monoisotopic (exact) mass is 438 g/mol. The molecule has 4 nitrogen and oxygen atoms in total. The molecule has 0 bridgehead atoms. The van der Waals surface area contributed by atoms with E-state index in [1.165, 1.54) is 22.7 Å². The summed E-state index contributed by atoms with van der Waals surface area (Å²) in [6, 6.07) is 0. The van der Waals surface area contributed by atoms with Crippen molar-refractivity contribution in [3.8, 4) is 11.1 Å². The zero-order chi connectivity index (χ0) is 15.2. The molecule has 0 saturated carbocycles. The molecule has 0 fully saturated rings. The lowest BCUT2D eigenvalue weighted by Crippen LogP contribution is -2.02. The van der Waals surface area contributed by atoms with Crippen LogP contribution in [-0.2, 0) is 0 Å². The van der Waals surface area contributed by atoms with Crippen molar-refractivity contribution in [2.24, 2.45) is 0 Å². The highest BCUT2D eigenvalue weighted by Crippen LogP contribution is 2.46. The Morgan fingerprint density at radius 3 is 1.40 bits per heavy atom. The molecule has 2 heterocycles. The molecule has 0 spiro atoms. The summed E-state index contributed by atoms with van der Waals surface area (Å²) in [5.74, 6) is -2.15. The highest BCUT2D eigenvalue weighted by Gasteiger charge is 2.29. The fourth-order valence-electron chi connectivity index (χ4n) is 2.01. The van der Waals surface area contributed by atoms with E-state index in [0.29, 0.717) is 18.7 Å². The van der Waals surface area contributed by atoms with Crippen molar-refractivity contribution >= 4 is 66.5 Å². The Morgan fingerprint density at radius 1 is 0.850 bits per heavy atom. The fourth-order valence-corrected chi connectivity index (χ4v) is 5.93. The van der Waals surface area contributed by atoms with Gasteiger partial charge in [-0.05, 0) is 45.7 Å². The number of aromatic carboxylic acids is 2. The second-order valence-electron chi connectivity index (χ2n) is 3.97. The van der Waals surface area contributed by atoms with Gasteiger partial charge in [-0.3, -0.25) is 0 Å². The normalized spacial score (nSPS) is 10.8. The molecule has 20 heavy (non-hydrogen) atoms. The molecule has 0 aliphatic carbocycles. The quantitative estimate of drug-likeness (QED) is 0.704. The third-order valence-corrected chi connectivity index (χ3v) is 6.31. The minimum absolute atomic E-state index is 0.114. The summed E-state index contributed by atoms with van der Waals surface area (Å²) in [5, 5.41) is 18.7. The lowest BCUT2D eigenvalue weighted by molar-refractivity contribution is 0.0684. The Kier molecular flexibility index (Phi) is 4.38. The van der Waals surface area contributed by atoms with Gasteiger partial charge in [-0.1, -0.05) is 0 Å². The number of hydrogen-bond donors (Lipinski definition) is 2. The maximum absolute atomic E-state index is 11.4. The number of thiophene rings is 2. The van der Waals surface area contributed by atoms with Crippen molar-refractivity contribution < 1.29 is 19.8 Å². The van der Waals surface area contributed by atoms with E-state index in [0.717, 1.165) is 9.75 Å². The molecule has 2 N–H and O–H groups in total. The number of carboxylic acids is 2. The van der Waals surface area contributed by atoms with Gasteiger partial charge in [0.1, 0.15) is 0 Å². The summed E-state index contributed by atoms with van der Waals surface area (Å²) < 4.78 is 0.992. The van der Waals surface area contributed by atoms with Crippen LogP contribution in [0.4, 0.5) is 0 Å². The van der Waals surface area contributed by atoms with Crippen LogP contribution in [0.1, 0.15) is 30.5 Å². The third-order valence-electron chi connectivity index (χ3n) is 2.76. The van der Waals surface area contributed by atoms with Crippen LogP contribution in [0.25, 0.3) is 11.1 Å². The topological polar surface area (TPSA) is 74.6 Å². The Hall–Kier alpha value is -0.700. The second-order valence-corrected chi connectivity index (χ2v) is 9.06. The van der Waals surface area contributed by atoms with Crippen LogP contribution in [0, 0.1) is 13.8 Å². The number of carbonyl (C=O) groups is 2. The smallest absolute Gasteiger partial charge is 0.338 e. The van der Waals surface area contributed by atoms with Gasteiger partial charge >= 0.3 is 11.9 Å². The van der Waals surface area contributed by atoms with E-state index in [1.54, 1.807) is 13.8 Å². The second kappa shape index (κ2) is 5.59. The van der Waals surface area contributed by atoms with Crippen LogP contribution < -0.4 is 0 Å². The molecule has 2 rings (SSSR count). The predicted octanol–water partition coefficient (Wildman–Crippen LogP) is 5.01. The van der Waals surface area contributed by atoms with E-state index in [9.17, 15) is 19.8 Å². The minimum Gasteiger partial charge on any atom is -0.478 e. The maximum atomic E-state index is 11.4. The van der Waals surface area contributed by atoms with Gasteiger partial charge in [0, 0.05) is 20.9 Å². The van der Waals surface area contributed by atoms with Gasteiger partial charge in [-0.2, -0.15) is 0 Å². The van der Waals surface area contributed by atoms with Crippen LogP contribution in [0.5, 0.6) is 0 Å². The number of rotatable bonds is 3. The van der Waals surface area contributed by atoms with Crippen molar-refractivity contribution in [2.45, 2.75) is 13.8 Å². The highest BCUT2D eigenvalue weighted by atomic mass is 79.9. The van der Waals surface area contributed by atoms with Gasteiger partial charge in [0.25, 0.3) is 0 Å². The van der Waals surface area contributed by atoms with Crippen molar-refractivity contribution in [3.63, 3.8) is 0 Å². The van der Waals surface area contributed by atoms with Gasteiger partial charge in [-0.25, -0.2) is 9.59 Å². The van der Waals surface area contributed by atoms with E-state index in [1.807, 2.05) is 0 Å². The Morgan fingerprint density at radius 2 is 1.15 bits per heavy atom. The minimum atomic E-state index is -1.07. The van der Waals surface area contributed by atoms with E-state index in [-0.39, 0.29) is 11.1 Å². The van der Waals surface area contributed by atoms with Crippen LogP contribution in [0.2, 0.25) is 0 Å². The molecule has 2 aromatic rings. The SMILES string of the molecule is Cc1sc(Br)c(C(=O)O)c1-c1c(C)sc(Br)c1C(=O)O. The van der Waals surface area contributed by atoms with E-state index in [2.05, 4.69) is 31.9 Å². The summed E-state index contributed by atoms with van der Waals surface area (Å²) in [5.41, 5.74) is 1.18. The van der Waals surface area contributed by atoms with Crippen LogP contribution in [0.3, 0.4) is 0 Å². The zero-order valence-electron chi connectivity index (χ0n) is 10.3. The number of halogens is 2. The molecule has 8 heteroatoms. The van der Waals surface area contributed by atoms with Crippen LogP contribution in [0.15, 0.2) is 7.57 Å². The fraction of sp³-hybridized carbons (Fsp3) is 0.167. The van der Waals surface area contributed by atoms with Gasteiger partial charge in [0.05, 0.1) is 18.7 Å². The van der Waals surface area contributed by atoms with Crippen molar-refractivity contribution in [1.82, 2.24) is 0 Å². The first-order valence-electron chi connectivity index (χ1n) is 5.30. The van der Waals surface area contributed by atoms with Crippen molar-refractivity contribution in [1.29, 1.82) is 0 Å². The average Bonchev–Trinajstić information content (AvgIpc) is 2.74. The first kappa shape index (κ1) is 15.7. The average molecular weight is 440 g/mol.